The predicted molar refractivity (Wildman–Crippen MR) is 102 cm³/mol. The van der Waals surface area contributed by atoms with Crippen molar-refractivity contribution < 1.29 is 14.3 Å². The Balaban J connectivity index is 1.69. The fourth-order valence-corrected chi connectivity index (χ4v) is 3.30. The van der Waals surface area contributed by atoms with Crippen LogP contribution >= 0.6 is 0 Å². The summed E-state index contributed by atoms with van der Waals surface area (Å²) in [5.74, 6) is 0. The molecular weight excluding hydrogens is 326 g/mol. The third-order valence-corrected chi connectivity index (χ3v) is 4.78. The van der Waals surface area contributed by atoms with Gasteiger partial charge in [0.1, 0.15) is 6.10 Å². The number of hydrogen-bond donors (Lipinski definition) is 0. The molecule has 1 aliphatic heterocycles. The monoisotopic (exact) mass is 353 g/mol. The lowest BCUT2D eigenvalue weighted by Gasteiger charge is -2.33. The third kappa shape index (κ3) is 4.64. The summed E-state index contributed by atoms with van der Waals surface area (Å²) in [5, 5.41) is 0. The molecule has 1 atom stereocenters. The van der Waals surface area contributed by atoms with Gasteiger partial charge in [0.25, 0.3) is 0 Å². The summed E-state index contributed by atoms with van der Waals surface area (Å²) in [5.41, 5.74) is 3.56. The lowest BCUT2D eigenvalue weighted by Crippen LogP contribution is -2.41. The predicted octanol–water partition coefficient (Wildman–Crippen LogP) is 4.72. The SMILES string of the molecule is CCOC(=O)N1CCC(OC(c2ccccc2)c2ccc(C)cc2)CC1. The van der Waals surface area contributed by atoms with Crippen LogP contribution in [0.4, 0.5) is 4.79 Å². The molecule has 0 aliphatic carbocycles. The summed E-state index contributed by atoms with van der Waals surface area (Å²) < 4.78 is 11.6. The van der Waals surface area contributed by atoms with E-state index in [-0.39, 0.29) is 18.3 Å². The van der Waals surface area contributed by atoms with Crippen LogP contribution in [0.2, 0.25) is 0 Å². The molecule has 1 unspecified atom stereocenters. The van der Waals surface area contributed by atoms with E-state index in [9.17, 15) is 4.79 Å². The molecule has 0 bridgehead atoms. The zero-order valence-corrected chi connectivity index (χ0v) is 15.6. The Morgan fingerprint density at radius 2 is 1.65 bits per heavy atom. The number of likely N-dealkylation sites (tertiary alicyclic amines) is 1. The van der Waals surface area contributed by atoms with Gasteiger partial charge in [0.05, 0.1) is 12.7 Å². The van der Waals surface area contributed by atoms with E-state index < -0.39 is 0 Å². The van der Waals surface area contributed by atoms with Gasteiger partial charge < -0.3 is 14.4 Å². The quantitative estimate of drug-likeness (QED) is 0.780. The number of nitrogens with zero attached hydrogens (tertiary/aromatic N) is 1. The van der Waals surface area contributed by atoms with Crippen LogP contribution in [0.15, 0.2) is 54.6 Å². The first-order valence-electron chi connectivity index (χ1n) is 9.36. The minimum atomic E-state index is -0.218. The fraction of sp³-hybridized carbons (Fsp3) is 0.409. The minimum Gasteiger partial charge on any atom is -0.450 e. The number of amides is 1. The van der Waals surface area contributed by atoms with E-state index in [0.717, 1.165) is 24.0 Å². The van der Waals surface area contributed by atoms with E-state index >= 15 is 0 Å². The van der Waals surface area contributed by atoms with Crippen LogP contribution in [0.25, 0.3) is 0 Å². The molecule has 26 heavy (non-hydrogen) atoms. The molecule has 1 aliphatic rings. The molecule has 2 aromatic carbocycles. The number of ether oxygens (including phenoxy) is 2. The summed E-state index contributed by atoms with van der Waals surface area (Å²) >= 11 is 0. The number of aryl methyl sites for hydroxylation is 1. The topological polar surface area (TPSA) is 38.8 Å². The van der Waals surface area contributed by atoms with E-state index in [2.05, 4.69) is 43.3 Å². The van der Waals surface area contributed by atoms with Gasteiger partial charge in [-0.05, 0) is 37.8 Å². The highest BCUT2D eigenvalue weighted by atomic mass is 16.6. The van der Waals surface area contributed by atoms with E-state index in [1.54, 1.807) is 4.90 Å². The molecule has 1 saturated heterocycles. The molecule has 4 heteroatoms. The van der Waals surface area contributed by atoms with Crippen molar-refractivity contribution in [1.29, 1.82) is 0 Å². The van der Waals surface area contributed by atoms with E-state index in [1.807, 2.05) is 25.1 Å². The smallest absolute Gasteiger partial charge is 0.409 e. The summed E-state index contributed by atoms with van der Waals surface area (Å²) in [6.45, 7) is 5.70. The minimum absolute atomic E-state index is 0.0871. The van der Waals surface area contributed by atoms with Crippen molar-refractivity contribution in [2.45, 2.75) is 38.9 Å². The maximum absolute atomic E-state index is 11.9. The molecule has 0 aromatic heterocycles. The summed E-state index contributed by atoms with van der Waals surface area (Å²) in [6, 6.07) is 18.9. The Bertz CT molecular complexity index is 691. The maximum Gasteiger partial charge on any atom is 0.409 e. The van der Waals surface area contributed by atoms with Gasteiger partial charge >= 0.3 is 6.09 Å². The first-order valence-corrected chi connectivity index (χ1v) is 9.36. The number of benzene rings is 2. The number of piperidine rings is 1. The van der Waals surface area contributed by atoms with Crippen molar-refractivity contribution in [2.75, 3.05) is 19.7 Å². The Labute approximate surface area is 155 Å². The lowest BCUT2D eigenvalue weighted by atomic mass is 9.99. The molecule has 1 amide bonds. The fourth-order valence-electron chi connectivity index (χ4n) is 3.30. The van der Waals surface area contributed by atoms with Crippen LogP contribution in [0.3, 0.4) is 0 Å². The Kier molecular flexibility index (Phi) is 6.29. The van der Waals surface area contributed by atoms with Gasteiger partial charge in [0.2, 0.25) is 0 Å². The molecule has 0 spiro atoms. The number of carbonyl (C=O) groups excluding carboxylic acids is 1. The third-order valence-electron chi connectivity index (χ3n) is 4.78. The zero-order chi connectivity index (χ0) is 18.4. The zero-order valence-electron chi connectivity index (χ0n) is 15.6. The molecule has 0 saturated carbocycles. The van der Waals surface area contributed by atoms with Crippen LogP contribution in [0.1, 0.15) is 42.6 Å². The number of rotatable bonds is 5. The largest absolute Gasteiger partial charge is 0.450 e. The molecular formula is C22H27NO3. The van der Waals surface area contributed by atoms with Gasteiger partial charge in [-0.25, -0.2) is 4.79 Å². The molecule has 0 radical (unpaired) electrons. The highest BCUT2D eigenvalue weighted by Crippen LogP contribution is 2.30. The van der Waals surface area contributed by atoms with Gasteiger partial charge in [-0.15, -0.1) is 0 Å². The molecule has 0 N–H and O–H groups in total. The van der Waals surface area contributed by atoms with Crippen molar-refractivity contribution in [2.24, 2.45) is 0 Å². The average molecular weight is 353 g/mol. The molecule has 1 fully saturated rings. The average Bonchev–Trinajstić information content (AvgIpc) is 2.68. The van der Waals surface area contributed by atoms with Gasteiger partial charge in [-0.1, -0.05) is 60.2 Å². The van der Waals surface area contributed by atoms with Gasteiger partial charge in [-0.3, -0.25) is 0 Å². The second kappa shape index (κ2) is 8.86. The van der Waals surface area contributed by atoms with Crippen molar-refractivity contribution >= 4 is 6.09 Å². The molecule has 2 aromatic rings. The Hall–Kier alpha value is -2.33. The van der Waals surface area contributed by atoms with Gasteiger partial charge in [-0.2, -0.15) is 0 Å². The molecule has 1 heterocycles. The highest BCUT2D eigenvalue weighted by Gasteiger charge is 2.27. The van der Waals surface area contributed by atoms with E-state index in [4.69, 9.17) is 9.47 Å². The standard InChI is InChI=1S/C22H27NO3/c1-3-25-22(24)23-15-13-20(14-16-23)26-21(18-7-5-4-6-8-18)19-11-9-17(2)10-12-19/h4-12,20-21H,3,13-16H2,1-2H3. The normalized spacial score (nSPS) is 16.3. The summed E-state index contributed by atoms with van der Waals surface area (Å²) in [6.07, 6.45) is 1.48. The van der Waals surface area contributed by atoms with Crippen molar-refractivity contribution in [3.8, 4) is 0 Å². The van der Waals surface area contributed by atoms with Crippen LogP contribution in [0.5, 0.6) is 0 Å². The maximum atomic E-state index is 11.9. The van der Waals surface area contributed by atoms with Crippen molar-refractivity contribution in [1.82, 2.24) is 4.90 Å². The Morgan fingerprint density at radius 3 is 2.27 bits per heavy atom. The second-order valence-corrected chi connectivity index (χ2v) is 6.72. The lowest BCUT2D eigenvalue weighted by molar-refractivity contribution is -0.0260. The van der Waals surface area contributed by atoms with Gasteiger partial charge in [0.15, 0.2) is 0 Å². The van der Waals surface area contributed by atoms with Crippen LogP contribution in [-0.4, -0.2) is 36.8 Å². The molecule has 138 valence electrons. The first kappa shape index (κ1) is 18.5. The molecule has 3 rings (SSSR count). The molecule has 4 nitrogen and oxygen atoms in total. The van der Waals surface area contributed by atoms with Crippen LogP contribution in [-0.2, 0) is 9.47 Å². The van der Waals surface area contributed by atoms with Crippen LogP contribution < -0.4 is 0 Å². The number of hydrogen-bond acceptors (Lipinski definition) is 3. The van der Waals surface area contributed by atoms with Gasteiger partial charge in [0, 0.05) is 13.1 Å². The van der Waals surface area contributed by atoms with Crippen LogP contribution in [0, 0.1) is 6.92 Å². The Morgan fingerprint density at radius 1 is 1.04 bits per heavy atom. The first-order chi connectivity index (χ1) is 12.7. The van der Waals surface area contributed by atoms with Crippen molar-refractivity contribution in [3.63, 3.8) is 0 Å². The second-order valence-electron chi connectivity index (χ2n) is 6.72. The summed E-state index contributed by atoms with van der Waals surface area (Å²) in [7, 11) is 0. The van der Waals surface area contributed by atoms with E-state index in [1.165, 1.54) is 5.56 Å². The van der Waals surface area contributed by atoms with Crippen molar-refractivity contribution in [3.05, 3.63) is 71.3 Å². The summed E-state index contributed by atoms with van der Waals surface area (Å²) in [4.78, 5) is 13.6. The number of carbonyl (C=O) groups is 1. The van der Waals surface area contributed by atoms with E-state index in [0.29, 0.717) is 19.7 Å². The highest BCUT2D eigenvalue weighted by molar-refractivity contribution is 5.67.